The number of hydrogen-bond donors (Lipinski definition) is 0. The Hall–Kier alpha value is -3.62. The van der Waals surface area contributed by atoms with Crippen LogP contribution in [0.1, 0.15) is 5.69 Å². The second kappa shape index (κ2) is 6.84. The lowest BCUT2D eigenvalue weighted by atomic mass is 10.2. The van der Waals surface area contributed by atoms with Crippen LogP contribution in [0.5, 0.6) is 0 Å². The molecule has 0 bridgehead atoms. The van der Waals surface area contributed by atoms with Crippen molar-refractivity contribution in [3.05, 3.63) is 54.7 Å². The number of piperazine rings is 1. The quantitative estimate of drug-likeness (QED) is 0.535. The minimum atomic E-state index is 0.629. The van der Waals surface area contributed by atoms with E-state index in [4.69, 9.17) is 4.98 Å². The molecule has 0 aromatic carbocycles. The normalized spacial score (nSPS) is 14.6. The van der Waals surface area contributed by atoms with Crippen LogP contribution in [0.2, 0.25) is 0 Å². The Morgan fingerprint density at radius 3 is 2.50 bits per heavy atom. The van der Waals surface area contributed by atoms with Gasteiger partial charge in [-0.3, -0.25) is 4.98 Å². The molecular formula is C19H19N9. The van der Waals surface area contributed by atoms with Crippen LogP contribution in [0.15, 0.2) is 49.1 Å². The Kier molecular flexibility index (Phi) is 4.04. The van der Waals surface area contributed by atoms with Gasteiger partial charge in [0.2, 0.25) is 5.95 Å². The number of pyridine rings is 1. The van der Waals surface area contributed by atoms with Gasteiger partial charge in [0.15, 0.2) is 0 Å². The Balaban J connectivity index is 1.36. The molecule has 4 aromatic heterocycles. The van der Waals surface area contributed by atoms with E-state index in [0.29, 0.717) is 5.78 Å². The maximum atomic E-state index is 4.72. The standard InChI is InChI=1S/C19H19N9/c1-14-12-17(28-19(24-14)22-13-23-28)26-8-10-27(11-9-26)18-21-7-5-16(25-18)15-4-2-3-6-20-15/h2-7,12-13H,8-11H2,1H3. The summed E-state index contributed by atoms with van der Waals surface area (Å²) in [4.78, 5) is 26.7. The number of aryl methyl sites for hydroxylation is 1. The number of aromatic nitrogens is 7. The van der Waals surface area contributed by atoms with E-state index >= 15 is 0 Å². The molecule has 0 unspecified atom stereocenters. The Bertz CT molecular complexity index is 1100. The summed E-state index contributed by atoms with van der Waals surface area (Å²) >= 11 is 0. The molecule has 9 nitrogen and oxygen atoms in total. The van der Waals surface area contributed by atoms with Crippen LogP contribution >= 0.6 is 0 Å². The monoisotopic (exact) mass is 373 g/mol. The van der Waals surface area contributed by atoms with Crippen molar-refractivity contribution in [3.63, 3.8) is 0 Å². The predicted octanol–water partition coefficient (Wildman–Crippen LogP) is 1.61. The van der Waals surface area contributed by atoms with Crippen molar-refractivity contribution in [1.29, 1.82) is 0 Å². The van der Waals surface area contributed by atoms with E-state index in [1.54, 1.807) is 23.2 Å². The van der Waals surface area contributed by atoms with Crippen LogP contribution in [0.25, 0.3) is 17.2 Å². The predicted molar refractivity (Wildman–Crippen MR) is 105 cm³/mol. The smallest absolute Gasteiger partial charge is 0.254 e. The van der Waals surface area contributed by atoms with Gasteiger partial charge in [0.25, 0.3) is 5.78 Å². The van der Waals surface area contributed by atoms with Crippen molar-refractivity contribution < 1.29 is 0 Å². The molecule has 4 aromatic rings. The molecule has 0 aliphatic carbocycles. The molecule has 0 atom stereocenters. The SMILES string of the molecule is Cc1cc(N2CCN(c3nccc(-c4ccccn4)n3)CC2)n2ncnc2n1. The molecule has 0 spiro atoms. The summed E-state index contributed by atoms with van der Waals surface area (Å²) in [6.45, 7) is 5.31. The van der Waals surface area contributed by atoms with Gasteiger partial charge in [-0.25, -0.2) is 15.0 Å². The van der Waals surface area contributed by atoms with Gasteiger partial charge in [-0.2, -0.15) is 14.6 Å². The molecule has 1 fully saturated rings. The Morgan fingerprint density at radius 2 is 1.68 bits per heavy atom. The molecule has 140 valence electrons. The van der Waals surface area contributed by atoms with Gasteiger partial charge >= 0.3 is 0 Å². The van der Waals surface area contributed by atoms with Crippen LogP contribution in [0, 0.1) is 6.92 Å². The number of rotatable bonds is 3. The fraction of sp³-hybridized carbons (Fsp3) is 0.263. The first-order chi connectivity index (χ1) is 13.8. The number of nitrogens with zero attached hydrogens (tertiary/aromatic N) is 9. The fourth-order valence-electron chi connectivity index (χ4n) is 3.43. The van der Waals surface area contributed by atoms with Gasteiger partial charge in [0, 0.05) is 50.3 Å². The lowest BCUT2D eigenvalue weighted by Crippen LogP contribution is -2.47. The van der Waals surface area contributed by atoms with Gasteiger partial charge in [-0.1, -0.05) is 6.07 Å². The molecule has 0 saturated carbocycles. The van der Waals surface area contributed by atoms with E-state index in [2.05, 4.69) is 40.9 Å². The molecule has 0 radical (unpaired) electrons. The lowest BCUT2D eigenvalue weighted by Gasteiger charge is -2.36. The van der Waals surface area contributed by atoms with E-state index in [0.717, 1.165) is 55.0 Å². The highest BCUT2D eigenvalue weighted by atomic mass is 15.4. The number of fused-ring (bicyclic) bond motifs is 1. The first kappa shape index (κ1) is 16.5. The number of hydrogen-bond acceptors (Lipinski definition) is 8. The molecule has 0 N–H and O–H groups in total. The fourth-order valence-corrected chi connectivity index (χ4v) is 3.43. The Labute approximate surface area is 161 Å². The van der Waals surface area contributed by atoms with Gasteiger partial charge in [-0.15, -0.1) is 0 Å². The summed E-state index contributed by atoms with van der Waals surface area (Å²) in [6.07, 6.45) is 5.11. The van der Waals surface area contributed by atoms with Crippen molar-refractivity contribution in [2.24, 2.45) is 0 Å². The minimum Gasteiger partial charge on any atom is -0.353 e. The summed E-state index contributed by atoms with van der Waals surface area (Å²) in [7, 11) is 0. The van der Waals surface area contributed by atoms with Crippen molar-refractivity contribution in [2.45, 2.75) is 6.92 Å². The van der Waals surface area contributed by atoms with E-state index in [1.807, 2.05) is 31.2 Å². The zero-order valence-electron chi connectivity index (χ0n) is 15.5. The van der Waals surface area contributed by atoms with E-state index in [9.17, 15) is 0 Å². The molecule has 5 rings (SSSR count). The third kappa shape index (κ3) is 3.00. The summed E-state index contributed by atoms with van der Waals surface area (Å²) in [5.74, 6) is 2.38. The summed E-state index contributed by atoms with van der Waals surface area (Å²) in [6, 6.07) is 9.76. The van der Waals surface area contributed by atoms with Gasteiger partial charge in [0.1, 0.15) is 12.1 Å². The average molecular weight is 373 g/mol. The Morgan fingerprint density at radius 1 is 0.821 bits per heavy atom. The first-order valence-electron chi connectivity index (χ1n) is 9.20. The molecule has 9 heteroatoms. The van der Waals surface area contributed by atoms with Crippen LogP contribution in [0.4, 0.5) is 11.8 Å². The van der Waals surface area contributed by atoms with E-state index < -0.39 is 0 Å². The van der Waals surface area contributed by atoms with Crippen molar-refractivity contribution in [1.82, 2.24) is 34.5 Å². The summed E-state index contributed by atoms with van der Waals surface area (Å²) in [5, 5.41) is 4.31. The van der Waals surface area contributed by atoms with Crippen LogP contribution in [-0.2, 0) is 0 Å². The third-order valence-electron chi connectivity index (χ3n) is 4.82. The van der Waals surface area contributed by atoms with Gasteiger partial charge in [-0.05, 0) is 25.1 Å². The van der Waals surface area contributed by atoms with Crippen LogP contribution < -0.4 is 9.80 Å². The molecule has 1 saturated heterocycles. The van der Waals surface area contributed by atoms with E-state index in [1.165, 1.54) is 0 Å². The van der Waals surface area contributed by atoms with Crippen molar-refractivity contribution in [2.75, 3.05) is 36.0 Å². The average Bonchev–Trinajstić information content (AvgIpc) is 3.22. The maximum Gasteiger partial charge on any atom is 0.254 e. The summed E-state index contributed by atoms with van der Waals surface area (Å²) < 4.78 is 1.79. The second-order valence-electron chi connectivity index (χ2n) is 6.66. The van der Waals surface area contributed by atoms with Crippen LogP contribution in [0.3, 0.4) is 0 Å². The second-order valence-corrected chi connectivity index (χ2v) is 6.66. The lowest BCUT2D eigenvalue weighted by molar-refractivity contribution is 0.627. The molecular weight excluding hydrogens is 354 g/mol. The van der Waals surface area contributed by atoms with E-state index in [-0.39, 0.29) is 0 Å². The zero-order chi connectivity index (χ0) is 18.9. The molecule has 0 amide bonds. The highest BCUT2D eigenvalue weighted by Crippen LogP contribution is 2.21. The topological polar surface area (TPSA) is 88.2 Å². The molecule has 1 aliphatic heterocycles. The van der Waals surface area contributed by atoms with Crippen LogP contribution in [-0.4, -0.2) is 60.7 Å². The molecule has 28 heavy (non-hydrogen) atoms. The first-order valence-corrected chi connectivity index (χ1v) is 9.20. The highest BCUT2D eigenvalue weighted by molar-refractivity contribution is 5.55. The largest absolute Gasteiger partial charge is 0.353 e. The highest BCUT2D eigenvalue weighted by Gasteiger charge is 2.22. The zero-order valence-corrected chi connectivity index (χ0v) is 15.5. The third-order valence-corrected chi connectivity index (χ3v) is 4.82. The van der Waals surface area contributed by atoms with Crippen molar-refractivity contribution >= 4 is 17.5 Å². The summed E-state index contributed by atoms with van der Waals surface area (Å²) in [5.41, 5.74) is 2.62. The number of anilines is 2. The van der Waals surface area contributed by atoms with Gasteiger partial charge < -0.3 is 9.80 Å². The molecule has 5 heterocycles. The maximum absolute atomic E-state index is 4.72. The van der Waals surface area contributed by atoms with Crippen molar-refractivity contribution in [3.8, 4) is 11.4 Å². The molecule has 1 aliphatic rings. The minimum absolute atomic E-state index is 0.629. The van der Waals surface area contributed by atoms with Gasteiger partial charge in [0.05, 0.1) is 11.4 Å².